The van der Waals surface area contributed by atoms with Crippen molar-refractivity contribution in [2.24, 2.45) is 0 Å². The Bertz CT molecular complexity index is 1070. The number of benzene rings is 1. The molecule has 0 unspecified atom stereocenters. The predicted octanol–water partition coefficient (Wildman–Crippen LogP) is 1.70. The van der Waals surface area contributed by atoms with Gasteiger partial charge in [-0.15, -0.1) is 0 Å². The van der Waals surface area contributed by atoms with Gasteiger partial charge in [0.1, 0.15) is 5.82 Å². The number of nitrogens with one attached hydrogen (secondary N) is 1. The van der Waals surface area contributed by atoms with E-state index in [2.05, 4.69) is 20.3 Å². The summed E-state index contributed by atoms with van der Waals surface area (Å²) in [4.78, 5) is 31.6. The molecule has 0 aliphatic carbocycles. The largest absolute Gasteiger partial charge is 0.378 e. The molecular formula is C22H23N5O3. The summed E-state index contributed by atoms with van der Waals surface area (Å²) < 4.78 is 6.95. The Morgan fingerprint density at radius 1 is 1.13 bits per heavy atom. The number of hydrogen-bond acceptors (Lipinski definition) is 6. The van der Waals surface area contributed by atoms with Gasteiger partial charge >= 0.3 is 0 Å². The molecule has 2 aromatic heterocycles. The molecule has 0 bridgehead atoms. The molecule has 0 saturated carbocycles. The molecule has 3 aromatic rings. The highest BCUT2D eigenvalue weighted by atomic mass is 16.5. The highest BCUT2D eigenvalue weighted by Gasteiger charge is 2.16. The number of carbonyl (C=O) groups excluding carboxylic acids is 1. The molecule has 30 heavy (non-hydrogen) atoms. The number of aromatic nitrogens is 3. The maximum Gasteiger partial charge on any atom is 0.276 e. The Kier molecular flexibility index (Phi) is 5.85. The van der Waals surface area contributed by atoms with E-state index in [1.807, 2.05) is 42.5 Å². The Morgan fingerprint density at radius 2 is 1.90 bits per heavy atom. The predicted molar refractivity (Wildman–Crippen MR) is 113 cm³/mol. The summed E-state index contributed by atoms with van der Waals surface area (Å²) in [6.45, 7) is 5.07. The van der Waals surface area contributed by atoms with Crippen LogP contribution in [-0.4, -0.2) is 47.0 Å². The first-order valence-corrected chi connectivity index (χ1v) is 9.84. The average Bonchev–Trinajstić information content (AvgIpc) is 2.79. The van der Waals surface area contributed by atoms with E-state index in [-0.39, 0.29) is 12.2 Å². The first kappa shape index (κ1) is 19.8. The maximum atomic E-state index is 12.6. The number of carbonyl (C=O) groups is 1. The van der Waals surface area contributed by atoms with Crippen LogP contribution in [0.1, 0.15) is 21.7 Å². The van der Waals surface area contributed by atoms with Gasteiger partial charge in [0.2, 0.25) is 5.43 Å². The summed E-state index contributed by atoms with van der Waals surface area (Å²) >= 11 is 0. The van der Waals surface area contributed by atoms with Crippen molar-refractivity contribution in [3.05, 3.63) is 81.9 Å². The van der Waals surface area contributed by atoms with Crippen molar-refractivity contribution in [1.82, 2.24) is 20.1 Å². The Labute approximate surface area is 174 Å². The van der Waals surface area contributed by atoms with E-state index in [1.54, 1.807) is 17.8 Å². The zero-order valence-electron chi connectivity index (χ0n) is 16.7. The summed E-state index contributed by atoms with van der Waals surface area (Å²) in [5, 5.41) is 7.05. The lowest BCUT2D eigenvalue weighted by atomic mass is 10.2. The maximum absolute atomic E-state index is 12.6. The van der Waals surface area contributed by atoms with Crippen molar-refractivity contribution in [3.63, 3.8) is 0 Å². The Hall–Kier alpha value is -3.52. The molecule has 4 rings (SSSR count). The first-order chi connectivity index (χ1) is 14.6. The van der Waals surface area contributed by atoms with Crippen molar-refractivity contribution in [1.29, 1.82) is 0 Å². The van der Waals surface area contributed by atoms with E-state index < -0.39 is 11.3 Å². The summed E-state index contributed by atoms with van der Waals surface area (Å²) in [5.41, 5.74) is 1.74. The van der Waals surface area contributed by atoms with Gasteiger partial charge in [-0.05, 0) is 30.7 Å². The fraction of sp³-hybridized carbons (Fsp3) is 0.273. The molecule has 154 valence electrons. The number of aryl methyl sites for hydroxylation is 1. The van der Waals surface area contributed by atoms with Gasteiger partial charge in [0.25, 0.3) is 5.91 Å². The molecule has 1 aromatic carbocycles. The Morgan fingerprint density at radius 3 is 2.60 bits per heavy atom. The number of para-hydroxylation sites is 1. The van der Waals surface area contributed by atoms with Crippen molar-refractivity contribution in [2.45, 2.75) is 13.5 Å². The number of ether oxygens (including phenoxy) is 1. The van der Waals surface area contributed by atoms with Crippen LogP contribution in [-0.2, 0) is 11.3 Å². The quantitative estimate of drug-likeness (QED) is 0.695. The number of rotatable bonds is 5. The van der Waals surface area contributed by atoms with Crippen molar-refractivity contribution >= 4 is 11.7 Å². The molecule has 1 aliphatic rings. The molecular weight excluding hydrogens is 382 g/mol. The van der Waals surface area contributed by atoms with Crippen LogP contribution in [0.3, 0.4) is 0 Å². The lowest BCUT2D eigenvalue weighted by Gasteiger charge is -2.27. The Balaban J connectivity index is 1.46. The minimum atomic E-state index is -0.512. The zero-order chi connectivity index (χ0) is 20.9. The second-order valence-corrected chi connectivity index (χ2v) is 7.05. The van der Waals surface area contributed by atoms with Gasteiger partial charge in [0.05, 0.1) is 18.9 Å². The monoisotopic (exact) mass is 405 g/mol. The van der Waals surface area contributed by atoms with Crippen molar-refractivity contribution in [2.75, 3.05) is 31.2 Å². The van der Waals surface area contributed by atoms with Crippen LogP contribution in [0.25, 0.3) is 5.69 Å². The van der Waals surface area contributed by atoms with Crippen molar-refractivity contribution in [3.8, 4) is 5.69 Å². The van der Waals surface area contributed by atoms with E-state index in [0.717, 1.165) is 30.2 Å². The zero-order valence-corrected chi connectivity index (χ0v) is 16.7. The molecule has 0 atom stereocenters. The van der Waals surface area contributed by atoms with Gasteiger partial charge < -0.3 is 15.0 Å². The lowest BCUT2D eigenvalue weighted by molar-refractivity contribution is 0.0943. The molecule has 1 fully saturated rings. The SMILES string of the molecule is Cc1cc(=O)c(C(=O)NCc2ccc(N3CCOCC3)nc2)nn1-c1ccccc1. The average molecular weight is 405 g/mol. The second-order valence-electron chi connectivity index (χ2n) is 7.05. The molecule has 1 amide bonds. The summed E-state index contributed by atoms with van der Waals surface area (Å²) in [6.07, 6.45) is 1.73. The number of amides is 1. The van der Waals surface area contributed by atoms with Gasteiger partial charge in [0, 0.05) is 37.6 Å². The molecule has 0 spiro atoms. The van der Waals surface area contributed by atoms with Gasteiger partial charge in [-0.2, -0.15) is 5.10 Å². The van der Waals surface area contributed by atoms with Crippen LogP contribution in [0, 0.1) is 6.92 Å². The third kappa shape index (κ3) is 4.38. The fourth-order valence-corrected chi connectivity index (χ4v) is 3.30. The topological polar surface area (TPSA) is 89.3 Å². The molecule has 3 heterocycles. The van der Waals surface area contributed by atoms with Gasteiger partial charge in [-0.1, -0.05) is 24.3 Å². The first-order valence-electron chi connectivity index (χ1n) is 9.84. The number of morpholine rings is 1. The van der Waals surface area contributed by atoms with Gasteiger partial charge in [-0.25, -0.2) is 9.67 Å². The van der Waals surface area contributed by atoms with Crippen LogP contribution in [0.5, 0.6) is 0 Å². The number of nitrogens with zero attached hydrogens (tertiary/aromatic N) is 4. The summed E-state index contributed by atoms with van der Waals surface area (Å²) in [7, 11) is 0. The minimum Gasteiger partial charge on any atom is -0.378 e. The number of hydrogen-bond donors (Lipinski definition) is 1. The van der Waals surface area contributed by atoms with Crippen molar-refractivity contribution < 1.29 is 9.53 Å². The molecule has 1 saturated heterocycles. The fourth-order valence-electron chi connectivity index (χ4n) is 3.30. The molecule has 8 nitrogen and oxygen atoms in total. The van der Waals surface area contributed by atoms with E-state index >= 15 is 0 Å². The van der Waals surface area contributed by atoms with Crippen LogP contribution in [0.15, 0.2) is 59.5 Å². The van der Waals surface area contributed by atoms with E-state index in [9.17, 15) is 9.59 Å². The van der Waals surface area contributed by atoms with Crippen LogP contribution in [0.2, 0.25) is 0 Å². The minimum absolute atomic E-state index is 0.137. The highest BCUT2D eigenvalue weighted by molar-refractivity contribution is 5.92. The smallest absolute Gasteiger partial charge is 0.276 e. The summed E-state index contributed by atoms with van der Waals surface area (Å²) in [6, 6.07) is 14.7. The van der Waals surface area contributed by atoms with Crippen LogP contribution >= 0.6 is 0 Å². The lowest BCUT2D eigenvalue weighted by Crippen LogP contribution is -2.36. The molecule has 1 N–H and O–H groups in total. The van der Waals surface area contributed by atoms with Gasteiger partial charge in [0.15, 0.2) is 5.69 Å². The van der Waals surface area contributed by atoms with Crippen LogP contribution < -0.4 is 15.6 Å². The van der Waals surface area contributed by atoms with Gasteiger partial charge in [-0.3, -0.25) is 9.59 Å². The third-order valence-corrected chi connectivity index (χ3v) is 4.92. The van der Waals surface area contributed by atoms with E-state index in [4.69, 9.17) is 4.74 Å². The standard InChI is InChI=1S/C22H23N5O3/c1-16-13-19(28)21(25-27(16)18-5-3-2-4-6-18)22(29)24-15-17-7-8-20(23-14-17)26-9-11-30-12-10-26/h2-8,13-14H,9-12,15H2,1H3,(H,24,29). The molecule has 8 heteroatoms. The molecule has 1 aliphatic heterocycles. The molecule has 0 radical (unpaired) electrons. The normalized spacial score (nSPS) is 13.8. The highest BCUT2D eigenvalue weighted by Crippen LogP contribution is 2.13. The van der Waals surface area contributed by atoms with Crippen LogP contribution in [0.4, 0.5) is 5.82 Å². The second kappa shape index (κ2) is 8.87. The number of pyridine rings is 1. The van der Waals surface area contributed by atoms with E-state index in [1.165, 1.54) is 6.07 Å². The van der Waals surface area contributed by atoms with E-state index in [0.29, 0.717) is 18.9 Å². The number of anilines is 1. The summed E-state index contributed by atoms with van der Waals surface area (Å²) in [5.74, 6) is 0.376. The third-order valence-electron chi connectivity index (χ3n) is 4.92.